The van der Waals surface area contributed by atoms with Crippen molar-refractivity contribution >= 4 is 8.32 Å². The summed E-state index contributed by atoms with van der Waals surface area (Å²) in [4.78, 5) is 4.37. The van der Waals surface area contributed by atoms with Crippen LogP contribution < -0.4 is 4.74 Å². The Morgan fingerprint density at radius 2 is 1.86 bits per heavy atom. The van der Waals surface area contributed by atoms with Gasteiger partial charge in [-0.3, -0.25) is 0 Å². The van der Waals surface area contributed by atoms with Gasteiger partial charge in [-0.25, -0.2) is 4.98 Å². The molecule has 0 bridgehead atoms. The zero-order valence-electron chi connectivity index (χ0n) is 18.5. The van der Waals surface area contributed by atoms with Gasteiger partial charge in [0.05, 0.1) is 13.3 Å². The zero-order chi connectivity index (χ0) is 20.6. The Balaban J connectivity index is 1.79. The number of nitrogens with zero attached hydrogens (tertiary/aromatic N) is 1. The van der Waals surface area contributed by atoms with Gasteiger partial charge in [0.1, 0.15) is 18.1 Å². The third-order valence-electron chi connectivity index (χ3n) is 5.79. The van der Waals surface area contributed by atoms with Crippen LogP contribution in [0.25, 0.3) is 0 Å². The van der Waals surface area contributed by atoms with E-state index in [4.69, 9.17) is 13.6 Å². The van der Waals surface area contributed by atoms with Crippen LogP contribution in [-0.4, -0.2) is 20.4 Å². The summed E-state index contributed by atoms with van der Waals surface area (Å²) in [5.74, 6) is 1.66. The molecule has 0 aliphatic heterocycles. The van der Waals surface area contributed by atoms with Crippen LogP contribution in [0.2, 0.25) is 18.1 Å². The molecular formula is C23H37NO3Si. The molecule has 2 aromatic rings. The van der Waals surface area contributed by atoms with E-state index in [1.54, 1.807) is 19.6 Å². The van der Waals surface area contributed by atoms with E-state index < -0.39 is 8.32 Å². The van der Waals surface area contributed by atoms with E-state index in [1.165, 1.54) is 24.8 Å². The van der Waals surface area contributed by atoms with E-state index >= 15 is 0 Å². The summed E-state index contributed by atoms with van der Waals surface area (Å²) in [6, 6.07) is 8.36. The summed E-state index contributed by atoms with van der Waals surface area (Å²) in [5, 5.41) is 0.175. The molecule has 1 atom stereocenters. The summed E-state index contributed by atoms with van der Waals surface area (Å²) in [6.07, 6.45) is 10.1. The molecule has 0 aliphatic rings. The summed E-state index contributed by atoms with van der Waals surface area (Å²) in [5.41, 5.74) is 1.35. The first-order valence-corrected chi connectivity index (χ1v) is 13.3. The molecule has 0 aliphatic carbocycles. The van der Waals surface area contributed by atoms with Crippen LogP contribution in [0.15, 0.2) is 41.1 Å². The predicted molar refractivity (Wildman–Crippen MR) is 117 cm³/mol. The first kappa shape index (κ1) is 22.7. The van der Waals surface area contributed by atoms with Gasteiger partial charge in [-0.15, -0.1) is 0 Å². The molecule has 0 N–H and O–H groups in total. The minimum Gasteiger partial charge on any atom is -0.497 e. The van der Waals surface area contributed by atoms with Crippen LogP contribution in [0.5, 0.6) is 5.75 Å². The highest BCUT2D eigenvalue weighted by molar-refractivity contribution is 6.74. The van der Waals surface area contributed by atoms with Crippen molar-refractivity contribution in [1.82, 2.24) is 4.98 Å². The molecular weight excluding hydrogens is 366 g/mol. The highest BCUT2D eigenvalue weighted by Crippen LogP contribution is 2.40. The first-order chi connectivity index (χ1) is 13.2. The Bertz CT molecular complexity index is 692. The number of ether oxygens (including phenoxy) is 1. The van der Waals surface area contributed by atoms with Gasteiger partial charge in [-0.2, -0.15) is 0 Å². The largest absolute Gasteiger partial charge is 0.497 e. The summed E-state index contributed by atoms with van der Waals surface area (Å²) in [7, 11) is -0.147. The van der Waals surface area contributed by atoms with E-state index in [-0.39, 0.29) is 11.1 Å². The van der Waals surface area contributed by atoms with E-state index in [0.717, 1.165) is 30.9 Å². The molecule has 5 heteroatoms. The second-order valence-electron chi connectivity index (χ2n) is 9.04. The molecule has 156 valence electrons. The molecule has 1 aromatic heterocycles. The average Bonchev–Trinajstić information content (AvgIpc) is 3.17. The SMILES string of the molecule is COc1cccc(CCCCCCC(O[Si](C)(C)C(C)(C)C)c2ncco2)c1. The molecule has 0 spiro atoms. The van der Waals surface area contributed by atoms with E-state index in [9.17, 15) is 0 Å². The average molecular weight is 404 g/mol. The number of hydrogen-bond donors (Lipinski definition) is 0. The second-order valence-corrected chi connectivity index (χ2v) is 13.8. The van der Waals surface area contributed by atoms with Crippen LogP contribution >= 0.6 is 0 Å². The third kappa shape index (κ3) is 6.78. The standard InChI is InChI=1S/C23H37NO3Si/c1-23(2,3)28(5,6)27-21(22-24-16-17-26-22)15-10-8-7-9-12-19-13-11-14-20(18-19)25-4/h11,13-14,16-18,21H,7-10,12,15H2,1-6H3. The fourth-order valence-corrected chi connectivity index (χ4v) is 4.28. The van der Waals surface area contributed by atoms with Crippen LogP contribution in [0.1, 0.15) is 70.4 Å². The molecule has 1 heterocycles. The van der Waals surface area contributed by atoms with E-state index in [1.807, 2.05) is 6.07 Å². The fraction of sp³-hybridized carbons (Fsp3) is 0.609. The molecule has 0 radical (unpaired) electrons. The fourth-order valence-electron chi connectivity index (χ4n) is 3.00. The van der Waals surface area contributed by atoms with Crippen molar-refractivity contribution in [3.05, 3.63) is 48.2 Å². The lowest BCUT2D eigenvalue weighted by Crippen LogP contribution is -2.41. The van der Waals surface area contributed by atoms with Gasteiger partial charge < -0.3 is 13.6 Å². The number of hydrogen-bond acceptors (Lipinski definition) is 4. The molecule has 4 nitrogen and oxygen atoms in total. The molecule has 0 saturated heterocycles. The maximum Gasteiger partial charge on any atom is 0.221 e. The smallest absolute Gasteiger partial charge is 0.221 e. The maximum absolute atomic E-state index is 6.62. The van der Waals surface area contributed by atoms with E-state index in [0.29, 0.717) is 0 Å². The Labute approximate surface area is 171 Å². The quantitative estimate of drug-likeness (QED) is 0.301. The molecule has 0 saturated carbocycles. The summed E-state index contributed by atoms with van der Waals surface area (Å²) in [6.45, 7) is 11.4. The lowest BCUT2D eigenvalue weighted by molar-refractivity contribution is 0.138. The molecule has 0 amide bonds. The predicted octanol–water partition coefficient (Wildman–Crippen LogP) is 6.94. The highest BCUT2D eigenvalue weighted by atomic mass is 28.4. The van der Waals surface area contributed by atoms with Crippen molar-refractivity contribution in [3.63, 3.8) is 0 Å². The van der Waals surface area contributed by atoms with Gasteiger partial charge >= 0.3 is 0 Å². The molecule has 0 fully saturated rings. The number of aryl methyl sites for hydroxylation is 1. The number of oxazole rings is 1. The van der Waals surface area contributed by atoms with Gasteiger partial charge in [-0.1, -0.05) is 52.2 Å². The van der Waals surface area contributed by atoms with Gasteiger partial charge in [0.25, 0.3) is 0 Å². The topological polar surface area (TPSA) is 44.5 Å². The van der Waals surface area contributed by atoms with Gasteiger partial charge in [0, 0.05) is 0 Å². The number of rotatable bonds is 11. The molecule has 1 unspecified atom stereocenters. The van der Waals surface area contributed by atoms with Crippen molar-refractivity contribution in [1.29, 1.82) is 0 Å². The van der Waals surface area contributed by atoms with Crippen LogP contribution in [0.4, 0.5) is 0 Å². The van der Waals surface area contributed by atoms with Crippen LogP contribution in [0.3, 0.4) is 0 Å². The second kappa shape index (κ2) is 10.3. The maximum atomic E-state index is 6.62. The molecule has 28 heavy (non-hydrogen) atoms. The minimum absolute atomic E-state index is 0.0331. The van der Waals surface area contributed by atoms with Crippen molar-refractivity contribution in [3.8, 4) is 5.75 Å². The molecule has 1 aromatic carbocycles. The summed E-state index contributed by atoms with van der Waals surface area (Å²) < 4.78 is 17.5. The van der Waals surface area contributed by atoms with E-state index in [2.05, 4.69) is 57.0 Å². The highest BCUT2D eigenvalue weighted by Gasteiger charge is 2.40. The Morgan fingerprint density at radius 1 is 1.11 bits per heavy atom. The lowest BCUT2D eigenvalue weighted by atomic mass is 10.0. The Kier molecular flexibility index (Phi) is 8.32. The Hall–Kier alpha value is -1.59. The van der Waals surface area contributed by atoms with Crippen molar-refractivity contribution in [2.24, 2.45) is 0 Å². The van der Waals surface area contributed by atoms with Gasteiger partial charge in [0.2, 0.25) is 5.89 Å². The molecule has 2 rings (SSSR count). The zero-order valence-corrected chi connectivity index (χ0v) is 19.5. The number of benzene rings is 1. The normalized spacial score (nSPS) is 13.5. The van der Waals surface area contributed by atoms with Gasteiger partial charge in [0.15, 0.2) is 8.32 Å². The van der Waals surface area contributed by atoms with Crippen molar-refractivity contribution < 1.29 is 13.6 Å². The lowest BCUT2D eigenvalue weighted by Gasteiger charge is -2.38. The monoisotopic (exact) mass is 403 g/mol. The number of unbranched alkanes of at least 4 members (excludes halogenated alkanes) is 3. The summed E-state index contributed by atoms with van der Waals surface area (Å²) >= 11 is 0. The van der Waals surface area contributed by atoms with Gasteiger partial charge in [-0.05, 0) is 55.1 Å². The number of methoxy groups -OCH3 is 1. The third-order valence-corrected chi connectivity index (χ3v) is 10.3. The van der Waals surface area contributed by atoms with Crippen molar-refractivity contribution in [2.45, 2.75) is 83.5 Å². The minimum atomic E-state index is -1.86. The van der Waals surface area contributed by atoms with Crippen molar-refractivity contribution in [2.75, 3.05) is 7.11 Å². The Morgan fingerprint density at radius 3 is 2.50 bits per heavy atom. The van der Waals surface area contributed by atoms with Crippen LogP contribution in [-0.2, 0) is 10.8 Å². The number of aromatic nitrogens is 1. The first-order valence-electron chi connectivity index (χ1n) is 10.4. The van der Waals surface area contributed by atoms with Crippen LogP contribution in [0, 0.1) is 0 Å².